The second-order valence-corrected chi connectivity index (χ2v) is 6.71. The molecule has 19 heavy (non-hydrogen) atoms. The van der Waals surface area contributed by atoms with Crippen molar-refractivity contribution in [2.24, 2.45) is 5.73 Å². The minimum absolute atomic E-state index is 0.284. The first-order valence-electron chi connectivity index (χ1n) is 6.51. The fourth-order valence-electron chi connectivity index (χ4n) is 2.14. The molecular weight excluding hydrogens is 264 g/mol. The van der Waals surface area contributed by atoms with Gasteiger partial charge in [0.15, 0.2) is 0 Å². The lowest BCUT2D eigenvalue weighted by Crippen LogP contribution is -2.27. The molecule has 0 aliphatic carbocycles. The van der Waals surface area contributed by atoms with Gasteiger partial charge in [0.2, 0.25) is 10.0 Å². The monoisotopic (exact) mass is 284 g/mol. The summed E-state index contributed by atoms with van der Waals surface area (Å²) in [6.07, 6.45) is 1.44. The van der Waals surface area contributed by atoms with Crippen molar-refractivity contribution in [3.8, 4) is 5.75 Å². The Hall–Kier alpha value is -1.11. The normalized spacial score (nSPS) is 18.6. The Morgan fingerprint density at radius 3 is 2.89 bits per heavy atom. The zero-order valence-electron chi connectivity index (χ0n) is 10.9. The molecule has 0 bridgehead atoms. The molecule has 106 valence electrons. The molecule has 1 aromatic carbocycles. The van der Waals surface area contributed by atoms with Crippen molar-refractivity contribution in [1.29, 1.82) is 0 Å². The third-order valence-electron chi connectivity index (χ3n) is 3.16. The Kier molecular flexibility index (Phi) is 4.79. The molecule has 2 N–H and O–H groups in total. The lowest BCUT2D eigenvalue weighted by molar-refractivity contribution is 0.292. The number of benzene rings is 1. The average Bonchev–Trinajstić information content (AvgIpc) is 2.74. The number of ether oxygens (including phenoxy) is 1. The van der Waals surface area contributed by atoms with Crippen LogP contribution in [0.2, 0.25) is 0 Å². The van der Waals surface area contributed by atoms with Crippen molar-refractivity contribution in [3.63, 3.8) is 0 Å². The van der Waals surface area contributed by atoms with Crippen LogP contribution in [0.15, 0.2) is 24.3 Å². The lowest BCUT2D eigenvalue weighted by atomic mass is 10.2. The molecule has 1 heterocycles. The van der Waals surface area contributed by atoms with Crippen LogP contribution in [0.5, 0.6) is 5.75 Å². The van der Waals surface area contributed by atoms with E-state index < -0.39 is 10.0 Å². The van der Waals surface area contributed by atoms with E-state index in [1.165, 1.54) is 0 Å². The minimum atomic E-state index is -2.98. The molecule has 6 heteroatoms. The van der Waals surface area contributed by atoms with Gasteiger partial charge in [0.05, 0.1) is 12.4 Å². The Bertz CT molecular complexity index is 516. The molecule has 1 aromatic rings. The highest BCUT2D eigenvalue weighted by molar-refractivity contribution is 7.89. The highest BCUT2D eigenvalue weighted by Crippen LogP contribution is 2.15. The van der Waals surface area contributed by atoms with Gasteiger partial charge in [0, 0.05) is 19.6 Å². The van der Waals surface area contributed by atoms with Crippen molar-refractivity contribution in [3.05, 3.63) is 29.8 Å². The van der Waals surface area contributed by atoms with Crippen LogP contribution in [0.4, 0.5) is 0 Å². The van der Waals surface area contributed by atoms with Crippen LogP contribution < -0.4 is 10.5 Å². The van der Waals surface area contributed by atoms with Crippen molar-refractivity contribution < 1.29 is 13.2 Å². The second-order valence-electron chi connectivity index (χ2n) is 4.62. The summed E-state index contributed by atoms with van der Waals surface area (Å²) in [5, 5.41) is 0. The first-order chi connectivity index (χ1) is 9.12. The van der Waals surface area contributed by atoms with Crippen molar-refractivity contribution in [1.82, 2.24) is 4.31 Å². The summed E-state index contributed by atoms with van der Waals surface area (Å²) in [7, 11) is -2.98. The standard InChI is InChI=1S/C13H20N2O3S/c14-11-12-4-1-5-13(10-12)18-8-2-6-15-7-3-9-19(15,16)17/h1,4-5,10H,2-3,6-9,11,14H2. The minimum Gasteiger partial charge on any atom is -0.494 e. The van der Waals surface area contributed by atoms with Crippen molar-refractivity contribution in [2.45, 2.75) is 19.4 Å². The predicted octanol–water partition coefficient (Wildman–Crippen LogP) is 0.950. The van der Waals surface area contributed by atoms with Crippen LogP contribution in [-0.4, -0.2) is 38.2 Å². The summed E-state index contributed by atoms with van der Waals surface area (Å²) in [4.78, 5) is 0. The molecule has 1 aliphatic heterocycles. The highest BCUT2D eigenvalue weighted by atomic mass is 32.2. The van der Waals surface area contributed by atoms with Gasteiger partial charge in [-0.05, 0) is 30.5 Å². The summed E-state index contributed by atoms with van der Waals surface area (Å²) in [6.45, 7) is 2.19. The Morgan fingerprint density at radius 2 is 2.21 bits per heavy atom. The van der Waals surface area contributed by atoms with Crippen molar-refractivity contribution >= 4 is 10.0 Å². The van der Waals surface area contributed by atoms with E-state index in [4.69, 9.17) is 10.5 Å². The summed E-state index contributed by atoms with van der Waals surface area (Å²) in [5.41, 5.74) is 6.58. The molecule has 1 fully saturated rings. The van der Waals surface area contributed by atoms with Crippen LogP contribution >= 0.6 is 0 Å². The van der Waals surface area contributed by atoms with E-state index in [-0.39, 0.29) is 5.75 Å². The quantitative estimate of drug-likeness (QED) is 0.789. The molecule has 2 rings (SSSR count). The van der Waals surface area contributed by atoms with Crippen LogP contribution in [0.3, 0.4) is 0 Å². The van der Waals surface area contributed by atoms with E-state index in [1.54, 1.807) is 4.31 Å². The number of nitrogens with zero attached hydrogens (tertiary/aromatic N) is 1. The van der Waals surface area contributed by atoms with Gasteiger partial charge < -0.3 is 10.5 Å². The van der Waals surface area contributed by atoms with E-state index in [0.29, 0.717) is 32.7 Å². The van der Waals surface area contributed by atoms with Crippen LogP contribution in [0.25, 0.3) is 0 Å². The van der Waals surface area contributed by atoms with E-state index in [1.807, 2.05) is 24.3 Å². The third kappa shape index (κ3) is 3.92. The first kappa shape index (κ1) is 14.3. The maximum absolute atomic E-state index is 11.6. The number of rotatable bonds is 6. The Morgan fingerprint density at radius 1 is 1.37 bits per heavy atom. The molecule has 0 aromatic heterocycles. The Labute approximate surface area is 114 Å². The van der Waals surface area contributed by atoms with Crippen LogP contribution in [0.1, 0.15) is 18.4 Å². The number of hydrogen-bond acceptors (Lipinski definition) is 4. The SMILES string of the molecule is NCc1cccc(OCCCN2CCCS2(=O)=O)c1. The van der Waals surface area contributed by atoms with E-state index >= 15 is 0 Å². The fourth-order valence-corrected chi connectivity index (χ4v) is 3.70. The summed E-state index contributed by atoms with van der Waals surface area (Å²) < 4.78 is 30.3. The molecule has 0 amide bonds. The zero-order valence-corrected chi connectivity index (χ0v) is 11.7. The predicted molar refractivity (Wildman–Crippen MR) is 74.4 cm³/mol. The van der Waals surface area contributed by atoms with Gasteiger partial charge in [-0.15, -0.1) is 0 Å². The number of hydrogen-bond donors (Lipinski definition) is 1. The van der Waals surface area contributed by atoms with E-state index in [0.717, 1.165) is 17.7 Å². The molecule has 0 atom stereocenters. The lowest BCUT2D eigenvalue weighted by Gasteiger charge is -2.14. The number of sulfonamides is 1. The maximum Gasteiger partial charge on any atom is 0.214 e. The van der Waals surface area contributed by atoms with Crippen molar-refractivity contribution in [2.75, 3.05) is 25.4 Å². The van der Waals surface area contributed by atoms with Gasteiger partial charge in [-0.1, -0.05) is 12.1 Å². The van der Waals surface area contributed by atoms with Gasteiger partial charge >= 0.3 is 0 Å². The molecule has 1 aliphatic rings. The second kappa shape index (κ2) is 6.36. The topological polar surface area (TPSA) is 72.6 Å². The highest BCUT2D eigenvalue weighted by Gasteiger charge is 2.27. The Balaban J connectivity index is 1.75. The van der Waals surface area contributed by atoms with Gasteiger partial charge in [-0.25, -0.2) is 12.7 Å². The molecule has 5 nitrogen and oxygen atoms in total. The zero-order chi connectivity index (χ0) is 13.7. The van der Waals surface area contributed by atoms with Gasteiger partial charge in [-0.3, -0.25) is 0 Å². The van der Waals surface area contributed by atoms with Gasteiger partial charge in [0.25, 0.3) is 0 Å². The van der Waals surface area contributed by atoms with Crippen LogP contribution in [-0.2, 0) is 16.6 Å². The summed E-state index contributed by atoms with van der Waals surface area (Å²) in [6, 6.07) is 7.64. The van der Waals surface area contributed by atoms with Gasteiger partial charge in [0.1, 0.15) is 5.75 Å². The fraction of sp³-hybridized carbons (Fsp3) is 0.538. The molecule has 0 unspecified atom stereocenters. The summed E-state index contributed by atoms with van der Waals surface area (Å²) in [5.74, 6) is 1.07. The van der Waals surface area contributed by atoms with E-state index in [2.05, 4.69) is 0 Å². The van der Waals surface area contributed by atoms with Crippen LogP contribution in [0, 0.1) is 0 Å². The third-order valence-corrected chi connectivity index (χ3v) is 5.11. The first-order valence-corrected chi connectivity index (χ1v) is 8.12. The number of nitrogens with two attached hydrogens (primary N) is 1. The van der Waals surface area contributed by atoms with E-state index in [9.17, 15) is 8.42 Å². The largest absolute Gasteiger partial charge is 0.494 e. The average molecular weight is 284 g/mol. The smallest absolute Gasteiger partial charge is 0.214 e. The maximum atomic E-state index is 11.6. The molecule has 0 radical (unpaired) electrons. The molecule has 0 saturated carbocycles. The van der Waals surface area contributed by atoms with Gasteiger partial charge in [-0.2, -0.15) is 0 Å². The summed E-state index contributed by atoms with van der Waals surface area (Å²) >= 11 is 0. The molecule has 0 spiro atoms. The molecule has 1 saturated heterocycles. The molecular formula is C13H20N2O3S.